The van der Waals surface area contributed by atoms with E-state index in [2.05, 4.69) is 17.4 Å². The maximum absolute atomic E-state index is 12.5. The smallest absolute Gasteiger partial charge is 0.303 e. The van der Waals surface area contributed by atoms with E-state index in [0.29, 0.717) is 25.7 Å². The lowest BCUT2D eigenvalue weighted by atomic mass is 9.85. The summed E-state index contributed by atoms with van der Waals surface area (Å²) in [6.07, 6.45) is 4.57. The number of carbonyl (C=O) groups excluding carboxylic acids is 1. The minimum Gasteiger partial charge on any atom is -0.481 e. The van der Waals surface area contributed by atoms with Gasteiger partial charge in [0.15, 0.2) is 5.78 Å². The number of rotatable bonds is 14. The number of hydrogen-bond donors (Lipinski definition) is 4. The number of unbranched alkanes of at least 4 members (excludes halogenated alkanes) is 3. The second-order valence-corrected chi connectivity index (χ2v) is 9.42. The topological polar surface area (TPSA) is 107 Å². The summed E-state index contributed by atoms with van der Waals surface area (Å²) < 4.78 is 0. The Morgan fingerprint density at radius 2 is 1.38 bits per heavy atom. The molecule has 6 nitrogen and oxygen atoms in total. The number of nitrogens with one attached hydrogen (secondary N) is 1. The number of aliphatic hydroxyl groups is 2. The Balaban J connectivity index is 1.39. The summed E-state index contributed by atoms with van der Waals surface area (Å²) in [6.45, 7) is 0.240. The third kappa shape index (κ3) is 7.96. The zero-order chi connectivity index (χ0) is 24.3. The summed E-state index contributed by atoms with van der Waals surface area (Å²) in [4.78, 5) is 23.1. The van der Waals surface area contributed by atoms with Crippen molar-refractivity contribution in [1.82, 2.24) is 0 Å². The first kappa shape index (κ1) is 25.9. The summed E-state index contributed by atoms with van der Waals surface area (Å²) in [5, 5.41) is 32.7. The van der Waals surface area contributed by atoms with Crippen molar-refractivity contribution < 1.29 is 24.9 Å². The molecule has 1 saturated carbocycles. The molecule has 1 aliphatic rings. The van der Waals surface area contributed by atoms with Crippen molar-refractivity contribution >= 4 is 17.4 Å². The van der Waals surface area contributed by atoms with E-state index in [9.17, 15) is 19.8 Å². The zero-order valence-electron chi connectivity index (χ0n) is 19.7. The fourth-order valence-corrected chi connectivity index (χ4v) is 5.02. The molecule has 34 heavy (non-hydrogen) atoms. The molecule has 0 aromatic heterocycles. The van der Waals surface area contributed by atoms with E-state index in [4.69, 9.17) is 5.11 Å². The Kier molecular flexibility index (Phi) is 10.1. The Hall–Kier alpha value is -2.70. The molecule has 2 aromatic carbocycles. The molecule has 0 bridgehead atoms. The number of aliphatic carboxylic acids is 1. The summed E-state index contributed by atoms with van der Waals surface area (Å²) in [5.41, 5.74) is 3.17. The fraction of sp³-hybridized carbons (Fsp3) is 0.500. The van der Waals surface area contributed by atoms with Crippen LogP contribution in [0.3, 0.4) is 0 Å². The van der Waals surface area contributed by atoms with Crippen LogP contribution < -0.4 is 5.32 Å². The average Bonchev–Trinajstić information content (AvgIpc) is 3.11. The normalized spacial score (nSPS) is 21.9. The molecule has 0 aliphatic heterocycles. The first-order valence-corrected chi connectivity index (χ1v) is 12.4. The molecule has 184 valence electrons. The van der Waals surface area contributed by atoms with Crippen LogP contribution in [-0.2, 0) is 9.59 Å². The number of hydrogen-bond acceptors (Lipinski definition) is 5. The predicted octanol–water partition coefficient (Wildman–Crippen LogP) is 4.90. The van der Waals surface area contributed by atoms with Crippen LogP contribution in [0.2, 0.25) is 0 Å². The van der Waals surface area contributed by atoms with Crippen LogP contribution in [0.1, 0.15) is 57.8 Å². The highest BCUT2D eigenvalue weighted by Gasteiger charge is 2.40. The standard InChI is InChI=1S/C28H37NO5/c30-23(19-29-22-14-12-21(13-15-22)20-8-4-3-5-9-20)16-17-25-24(26(31)18-27(25)32)10-6-1-2-7-11-28(33)34/h3-5,8-9,12-15,24-27,29,31-32H,1-2,6-7,10-11,16-19H2,(H,33,34)/t24-,25-,26+,27-/m1/s1. The lowest BCUT2D eigenvalue weighted by molar-refractivity contribution is -0.137. The molecular formula is C28H37NO5. The number of carboxylic acids is 1. The largest absolute Gasteiger partial charge is 0.481 e. The average molecular weight is 468 g/mol. The van der Waals surface area contributed by atoms with E-state index < -0.39 is 18.2 Å². The van der Waals surface area contributed by atoms with Gasteiger partial charge >= 0.3 is 5.97 Å². The lowest BCUT2D eigenvalue weighted by Gasteiger charge is -2.23. The highest BCUT2D eigenvalue weighted by molar-refractivity contribution is 5.83. The quantitative estimate of drug-likeness (QED) is 0.295. The number of benzene rings is 2. The molecule has 0 heterocycles. The van der Waals surface area contributed by atoms with E-state index in [1.807, 2.05) is 42.5 Å². The van der Waals surface area contributed by atoms with Crippen LogP contribution in [0.25, 0.3) is 11.1 Å². The monoisotopic (exact) mass is 467 g/mol. The molecule has 0 unspecified atom stereocenters. The van der Waals surface area contributed by atoms with Gasteiger partial charge in [-0.1, -0.05) is 61.7 Å². The molecule has 2 aromatic rings. The van der Waals surface area contributed by atoms with Crippen molar-refractivity contribution in [1.29, 1.82) is 0 Å². The number of ketones is 1. The molecule has 4 atom stereocenters. The van der Waals surface area contributed by atoms with Crippen LogP contribution in [0.4, 0.5) is 5.69 Å². The van der Waals surface area contributed by atoms with Crippen molar-refractivity contribution in [2.75, 3.05) is 11.9 Å². The summed E-state index contributed by atoms with van der Waals surface area (Å²) >= 11 is 0. The third-order valence-electron chi connectivity index (χ3n) is 6.94. The van der Waals surface area contributed by atoms with E-state index in [1.165, 1.54) is 0 Å². The van der Waals surface area contributed by atoms with Gasteiger partial charge in [0.2, 0.25) is 0 Å². The number of Topliss-reactive ketones (excluding diaryl/α,β-unsaturated/α-hetero) is 1. The van der Waals surface area contributed by atoms with E-state index in [-0.39, 0.29) is 30.6 Å². The number of carbonyl (C=O) groups is 2. The molecule has 1 aliphatic carbocycles. The molecule has 0 spiro atoms. The van der Waals surface area contributed by atoms with Gasteiger partial charge in [-0.2, -0.15) is 0 Å². The maximum Gasteiger partial charge on any atom is 0.303 e. The van der Waals surface area contributed by atoms with Gasteiger partial charge in [0.05, 0.1) is 18.8 Å². The first-order chi connectivity index (χ1) is 16.4. The highest BCUT2D eigenvalue weighted by atomic mass is 16.4. The lowest BCUT2D eigenvalue weighted by Crippen LogP contribution is -2.24. The van der Waals surface area contributed by atoms with Gasteiger partial charge in [0.25, 0.3) is 0 Å². The van der Waals surface area contributed by atoms with Gasteiger partial charge in [-0.25, -0.2) is 0 Å². The van der Waals surface area contributed by atoms with E-state index in [1.54, 1.807) is 0 Å². The Labute approximate surface area is 202 Å². The maximum atomic E-state index is 12.5. The van der Waals surface area contributed by atoms with Crippen LogP contribution in [0.15, 0.2) is 54.6 Å². The van der Waals surface area contributed by atoms with Crippen molar-refractivity contribution in [2.45, 2.75) is 70.0 Å². The van der Waals surface area contributed by atoms with Crippen LogP contribution in [0, 0.1) is 11.8 Å². The third-order valence-corrected chi connectivity index (χ3v) is 6.94. The molecule has 6 heteroatoms. The number of anilines is 1. The van der Waals surface area contributed by atoms with Gasteiger partial charge in [-0.05, 0) is 60.8 Å². The van der Waals surface area contributed by atoms with E-state index >= 15 is 0 Å². The number of aliphatic hydroxyl groups excluding tert-OH is 2. The number of carboxylic acid groups (broad SMARTS) is 1. The Bertz CT molecular complexity index is 899. The molecule has 0 saturated heterocycles. The predicted molar refractivity (Wildman–Crippen MR) is 134 cm³/mol. The van der Waals surface area contributed by atoms with E-state index in [0.717, 1.165) is 42.5 Å². The summed E-state index contributed by atoms with van der Waals surface area (Å²) in [7, 11) is 0. The molecule has 0 amide bonds. The second-order valence-electron chi connectivity index (χ2n) is 9.42. The van der Waals surface area contributed by atoms with Gasteiger partial charge < -0.3 is 20.6 Å². The van der Waals surface area contributed by atoms with Gasteiger partial charge in [0.1, 0.15) is 0 Å². The summed E-state index contributed by atoms with van der Waals surface area (Å²) in [6, 6.07) is 18.1. The first-order valence-electron chi connectivity index (χ1n) is 12.4. The highest BCUT2D eigenvalue weighted by Crippen LogP contribution is 2.39. The minimum absolute atomic E-state index is 0.000707. The van der Waals surface area contributed by atoms with Gasteiger partial charge in [0, 0.05) is 18.5 Å². The van der Waals surface area contributed by atoms with Crippen molar-refractivity contribution in [3.05, 3.63) is 54.6 Å². The minimum atomic E-state index is -0.766. The molecule has 0 radical (unpaired) electrons. The van der Waals surface area contributed by atoms with Crippen molar-refractivity contribution in [3.8, 4) is 11.1 Å². The summed E-state index contributed by atoms with van der Waals surface area (Å²) in [5.74, 6) is -0.741. The zero-order valence-corrected chi connectivity index (χ0v) is 19.7. The molecule has 4 N–H and O–H groups in total. The SMILES string of the molecule is O=C(O)CCCCCC[C@@H]1[C@@H](CCC(=O)CNc2ccc(-c3ccccc3)cc2)[C@H](O)C[C@@H]1O. The molecule has 1 fully saturated rings. The molecule has 3 rings (SSSR count). The van der Waals surface area contributed by atoms with Crippen molar-refractivity contribution in [2.24, 2.45) is 11.8 Å². The Morgan fingerprint density at radius 1 is 0.765 bits per heavy atom. The fourth-order valence-electron chi connectivity index (χ4n) is 5.02. The van der Waals surface area contributed by atoms with Gasteiger partial charge in [-0.3, -0.25) is 9.59 Å². The Morgan fingerprint density at radius 3 is 2.06 bits per heavy atom. The van der Waals surface area contributed by atoms with Gasteiger partial charge in [-0.15, -0.1) is 0 Å². The van der Waals surface area contributed by atoms with Crippen LogP contribution in [-0.4, -0.2) is 45.8 Å². The van der Waals surface area contributed by atoms with Crippen LogP contribution >= 0.6 is 0 Å². The second kappa shape index (κ2) is 13.3. The molecular weight excluding hydrogens is 430 g/mol. The van der Waals surface area contributed by atoms with Crippen molar-refractivity contribution in [3.63, 3.8) is 0 Å². The van der Waals surface area contributed by atoms with Crippen LogP contribution in [0.5, 0.6) is 0 Å².